The summed E-state index contributed by atoms with van der Waals surface area (Å²) in [5.74, 6) is 2.13. The first-order valence-electron chi connectivity index (χ1n) is 13.1. The van der Waals surface area contributed by atoms with E-state index >= 15 is 0 Å². The van der Waals surface area contributed by atoms with Gasteiger partial charge in [-0.1, -0.05) is 25.4 Å². The number of fused-ring (bicyclic) bond motifs is 1. The highest BCUT2D eigenvalue weighted by Crippen LogP contribution is 2.34. The number of piperazine rings is 1. The molecule has 0 saturated carbocycles. The van der Waals surface area contributed by atoms with Gasteiger partial charge >= 0.3 is 6.09 Å². The van der Waals surface area contributed by atoms with E-state index < -0.39 is 5.60 Å². The van der Waals surface area contributed by atoms with Crippen molar-refractivity contribution in [3.8, 4) is 0 Å². The Labute approximate surface area is 215 Å². The van der Waals surface area contributed by atoms with Crippen LogP contribution in [0.3, 0.4) is 0 Å². The summed E-state index contributed by atoms with van der Waals surface area (Å²) in [5.41, 5.74) is 1.86. The molecule has 0 unspecified atom stereocenters. The predicted molar refractivity (Wildman–Crippen MR) is 141 cm³/mol. The fraction of sp³-hybridized carbons (Fsp3) is 0.704. The second-order valence-electron chi connectivity index (χ2n) is 11.6. The number of aromatic nitrogens is 2. The lowest BCUT2D eigenvalue weighted by atomic mass is 9.86. The molecule has 2 aromatic rings. The van der Waals surface area contributed by atoms with Gasteiger partial charge in [-0.15, -0.1) is 0 Å². The minimum absolute atomic E-state index is 0.187. The van der Waals surface area contributed by atoms with Crippen LogP contribution in [-0.4, -0.2) is 87.6 Å². The summed E-state index contributed by atoms with van der Waals surface area (Å²) in [6.45, 7) is 19.1. The number of imidazole rings is 1. The number of amides is 1. The number of rotatable bonds is 7. The Morgan fingerprint density at radius 2 is 1.89 bits per heavy atom. The van der Waals surface area contributed by atoms with Crippen molar-refractivity contribution in [2.45, 2.75) is 71.9 Å². The number of halogens is 1. The highest BCUT2D eigenvalue weighted by atomic mass is 35.5. The van der Waals surface area contributed by atoms with E-state index in [2.05, 4.69) is 45.3 Å². The van der Waals surface area contributed by atoms with Gasteiger partial charge in [0, 0.05) is 57.4 Å². The third kappa shape index (κ3) is 6.30. The molecule has 4 heterocycles. The summed E-state index contributed by atoms with van der Waals surface area (Å²) in [4.78, 5) is 23.7. The van der Waals surface area contributed by atoms with Crippen molar-refractivity contribution in [2.75, 3.05) is 45.8 Å². The average molecular weight is 504 g/mol. The van der Waals surface area contributed by atoms with Crippen molar-refractivity contribution in [3.05, 3.63) is 34.9 Å². The number of hydrogen-bond donors (Lipinski definition) is 0. The number of carbonyl (C=O) groups excluding carboxylic acids is 1. The zero-order valence-electron chi connectivity index (χ0n) is 22.3. The Kier molecular flexibility index (Phi) is 7.99. The van der Waals surface area contributed by atoms with Crippen LogP contribution in [0.1, 0.15) is 64.8 Å². The number of carbonyl (C=O) groups is 1. The van der Waals surface area contributed by atoms with Gasteiger partial charge in [-0.3, -0.25) is 9.80 Å². The third-order valence-electron chi connectivity index (χ3n) is 7.42. The second-order valence-corrected chi connectivity index (χ2v) is 12.0. The molecule has 0 aromatic carbocycles. The van der Waals surface area contributed by atoms with Crippen LogP contribution in [0.25, 0.3) is 5.52 Å². The lowest BCUT2D eigenvalue weighted by Gasteiger charge is -2.46. The maximum Gasteiger partial charge on any atom is 0.410 e. The molecule has 2 saturated heterocycles. The zero-order valence-corrected chi connectivity index (χ0v) is 23.0. The number of ether oxygens (including phenoxy) is 1. The van der Waals surface area contributed by atoms with Gasteiger partial charge in [0.15, 0.2) is 0 Å². The molecule has 8 heteroatoms. The predicted octanol–water partition coefficient (Wildman–Crippen LogP) is 5.05. The minimum Gasteiger partial charge on any atom is -0.444 e. The lowest BCUT2D eigenvalue weighted by molar-refractivity contribution is 0.0137. The maximum atomic E-state index is 12.3. The van der Waals surface area contributed by atoms with Crippen molar-refractivity contribution >= 4 is 23.2 Å². The molecule has 0 radical (unpaired) electrons. The summed E-state index contributed by atoms with van der Waals surface area (Å²) in [6.07, 6.45) is 6.26. The first-order chi connectivity index (χ1) is 16.5. The van der Waals surface area contributed by atoms with E-state index in [-0.39, 0.29) is 6.09 Å². The van der Waals surface area contributed by atoms with Gasteiger partial charge in [-0.25, -0.2) is 9.78 Å². The molecular weight excluding hydrogens is 462 g/mol. The summed E-state index contributed by atoms with van der Waals surface area (Å²) < 4.78 is 7.63. The molecule has 1 atom stereocenters. The largest absolute Gasteiger partial charge is 0.444 e. The molecule has 2 aliphatic rings. The van der Waals surface area contributed by atoms with Crippen LogP contribution in [0.4, 0.5) is 4.79 Å². The molecule has 2 fully saturated rings. The van der Waals surface area contributed by atoms with Crippen LogP contribution >= 0.6 is 11.6 Å². The lowest BCUT2D eigenvalue weighted by Crippen LogP contribution is -2.53. The number of hydrogen-bond acceptors (Lipinski definition) is 5. The van der Waals surface area contributed by atoms with Crippen LogP contribution in [0.15, 0.2) is 18.5 Å². The van der Waals surface area contributed by atoms with Crippen LogP contribution in [0.5, 0.6) is 0 Å². The van der Waals surface area contributed by atoms with Crippen molar-refractivity contribution in [1.82, 2.24) is 24.1 Å². The van der Waals surface area contributed by atoms with E-state index in [1.165, 1.54) is 18.4 Å². The fourth-order valence-corrected chi connectivity index (χ4v) is 5.63. The van der Waals surface area contributed by atoms with E-state index in [1.807, 2.05) is 38.8 Å². The number of pyridine rings is 1. The Bertz CT molecular complexity index is 1020. The van der Waals surface area contributed by atoms with Gasteiger partial charge in [-0.2, -0.15) is 0 Å². The number of likely N-dealkylation sites (tertiary alicyclic amines) is 1. The standard InChI is InChI=1S/C27H42ClN5O2/c1-19(2)24(8-7-9-30-10-12-31(13-11-30)26(34)35-27(4,5)6)32-16-22(17-32)21-14-23(28)25-15-29-20(3)33(25)18-21/h14-15,18-19,22,24H,7-13,16-17H2,1-6H3/t24-/m0/s1. The molecule has 0 aliphatic carbocycles. The Morgan fingerprint density at radius 1 is 1.20 bits per heavy atom. The van der Waals surface area contributed by atoms with Gasteiger partial charge in [-0.05, 0) is 64.6 Å². The van der Waals surface area contributed by atoms with Crippen LogP contribution in [0, 0.1) is 12.8 Å². The van der Waals surface area contributed by atoms with Gasteiger partial charge in [0.05, 0.1) is 16.7 Å². The minimum atomic E-state index is -0.437. The smallest absolute Gasteiger partial charge is 0.410 e. The summed E-state index contributed by atoms with van der Waals surface area (Å²) in [7, 11) is 0. The normalized spacial score (nSPS) is 19.4. The van der Waals surface area contributed by atoms with E-state index in [4.69, 9.17) is 16.3 Å². The van der Waals surface area contributed by atoms with Gasteiger partial charge in [0.2, 0.25) is 0 Å². The second kappa shape index (κ2) is 10.7. The molecule has 2 aromatic heterocycles. The van der Waals surface area contributed by atoms with Crippen LogP contribution in [-0.2, 0) is 4.74 Å². The number of aryl methyl sites for hydroxylation is 1. The molecule has 1 amide bonds. The van der Waals surface area contributed by atoms with E-state index in [0.29, 0.717) is 17.9 Å². The molecule has 2 aliphatic heterocycles. The molecule has 0 spiro atoms. The van der Waals surface area contributed by atoms with Crippen molar-refractivity contribution in [2.24, 2.45) is 5.92 Å². The Morgan fingerprint density at radius 3 is 2.51 bits per heavy atom. The molecule has 35 heavy (non-hydrogen) atoms. The van der Waals surface area contributed by atoms with E-state index in [9.17, 15) is 4.79 Å². The first kappa shape index (κ1) is 26.2. The summed E-state index contributed by atoms with van der Waals surface area (Å²) >= 11 is 6.54. The summed E-state index contributed by atoms with van der Waals surface area (Å²) in [6, 6.07) is 2.73. The third-order valence-corrected chi connectivity index (χ3v) is 7.72. The van der Waals surface area contributed by atoms with Crippen molar-refractivity contribution in [3.63, 3.8) is 0 Å². The Balaban J connectivity index is 1.23. The fourth-order valence-electron chi connectivity index (χ4n) is 5.36. The van der Waals surface area contributed by atoms with Crippen molar-refractivity contribution < 1.29 is 9.53 Å². The van der Waals surface area contributed by atoms with Gasteiger partial charge in [0.25, 0.3) is 0 Å². The maximum absolute atomic E-state index is 12.3. The monoisotopic (exact) mass is 503 g/mol. The molecule has 0 N–H and O–H groups in total. The molecule has 4 rings (SSSR count). The highest BCUT2D eigenvalue weighted by molar-refractivity contribution is 6.33. The molecule has 7 nitrogen and oxygen atoms in total. The zero-order chi connectivity index (χ0) is 25.3. The van der Waals surface area contributed by atoms with Crippen molar-refractivity contribution in [1.29, 1.82) is 0 Å². The van der Waals surface area contributed by atoms with Gasteiger partial charge < -0.3 is 14.0 Å². The average Bonchev–Trinajstić information content (AvgIpc) is 3.12. The van der Waals surface area contributed by atoms with Crippen LogP contribution < -0.4 is 0 Å². The topological polar surface area (TPSA) is 53.3 Å². The first-order valence-corrected chi connectivity index (χ1v) is 13.5. The molecule has 194 valence electrons. The SMILES string of the molecule is Cc1ncc2c(Cl)cc(C3CN([C@@H](CCCN4CCN(C(=O)OC(C)(C)C)CC4)C(C)C)C3)cn12. The summed E-state index contributed by atoms with van der Waals surface area (Å²) in [5, 5.41) is 0.786. The van der Waals surface area contributed by atoms with E-state index in [0.717, 1.165) is 62.2 Å². The Hall–Kier alpha value is -1.83. The molecule has 0 bridgehead atoms. The van der Waals surface area contributed by atoms with Crippen LogP contribution in [0.2, 0.25) is 5.02 Å². The number of nitrogens with zero attached hydrogens (tertiary/aromatic N) is 5. The van der Waals surface area contributed by atoms with Gasteiger partial charge in [0.1, 0.15) is 11.4 Å². The quantitative estimate of drug-likeness (QED) is 0.529. The van der Waals surface area contributed by atoms with E-state index in [1.54, 1.807) is 0 Å². The highest BCUT2D eigenvalue weighted by Gasteiger charge is 2.35. The molecular formula is C27H42ClN5O2.